The number of ether oxygens (including phenoxy) is 1. The minimum Gasteiger partial charge on any atom is -0.484 e. The van der Waals surface area contributed by atoms with Gasteiger partial charge in [0.1, 0.15) is 12.1 Å². The third-order valence-electron chi connectivity index (χ3n) is 3.73. The van der Waals surface area contributed by atoms with E-state index in [9.17, 15) is 14.9 Å². The van der Waals surface area contributed by atoms with Crippen LogP contribution in [0.2, 0.25) is 0 Å². The lowest BCUT2D eigenvalue weighted by atomic mass is 9.93. The van der Waals surface area contributed by atoms with Gasteiger partial charge in [-0.15, -0.1) is 0 Å². The highest BCUT2D eigenvalue weighted by Crippen LogP contribution is 2.40. The molecule has 1 unspecified atom stereocenters. The summed E-state index contributed by atoms with van der Waals surface area (Å²) in [6.07, 6.45) is 1.77. The fraction of sp³-hybridized carbons (Fsp3) is 0.462. The fourth-order valence-corrected chi connectivity index (χ4v) is 2.66. The van der Waals surface area contributed by atoms with Crippen LogP contribution in [0.3, 0.4) is 0 Å². The summed E-state index contributed by atoms with van der Waals surface area (Å²) in [6, 6.07) is 4.50. The Morgan fingerprint density at radius 3 is 2.76 bits per heavy atom. The molecule has 1 atom stereocenters. The number of nitrogens with zero attached hydrogens (tertiary/aromatic N) is 1. The number of halogens is 1. The van der Waals surface area contributed by atoms with E-state index in [0.29, 0.717) is 4.47 Å². The van der Waals surface area contributed by atoms with Crippen LogP contribution in [-0.2, 0) is 4.79 Å². The summed E-state index contributed by atoms with van der Waals surface area (Å²) in [6.45, 7) is -0.0357. The second-order valence-electron chi connectivity index (χ2n) is 5.02. The van der Waals surface area contributed by atoms with Gasteiger partial charge in [0.2, 0.25) is 5.91 Å². The number of carbonyl (C=O) groups is 1. The Balaban J connectivity index is 2.22. The normalized spacial score (nSPS) is 17.0. The fourth-order valence-electron chi connectivity index (χ4n) is 2.31. The molecule has 21 heavy (non-hydrogen) atoms. The average molecular weight is 358 g/mol. The molecular formula is C13H16BrN3O4. The van der Waals surface area contributed by atoms with Gasteiger partial charge in [-0.25, -0.2) is 0 Å². The Kier molecular flexibility index (Phi) is 4.48. The van der Waals surface area contributed by atoms with Crippen molar-refractivity contribution in [2.75, 3.05) is 13.7 Å². The van der Waals surface area contributed by atoms with Crippen LogP contribution < -0.4 is 15.8 Å². The summed E-state index contributed by atoms with van der Waals surface area (Å²) in [5.74, 6) is -0.286. The number of likely N-dealkylation sites (N-methyl/N-ethyl adjacent to an activating group) is 1. The van der Waals surface area contributed by atoms with E-state index in [0.717, 1.165) is 12.8 Å². The Hall–Kier alpha value is -1.67. The molecule has 1 aliphatic rings. The monoisotopic (exact) mass is 357 g/mol. The molecule has 8 heteroatoms. The quantitative estimate of drug-likeness (QED) is 0.569. The Bertz CT molecular complexity index is 577. The minimum absolute atomic E-state index is 0.0357. The van der Waals surface area contributed by atoms with Crippen LogP contribution in [0.25, 0.3) is 0 Å². The Morgan fingerprint density at radius 2 is 2.29 bits per heavy atom. The highest BCUT2D eigenvalue weighted by molar-refractivity contribution is 9.10. The number of carbonyl (C=O) groups excluding carboxylic acids is 1. The molecule has 0 aromatic heterocycles. The number of nitro benzene ring substituents is 1. The second kappa shape index (κ2) is 5.98. The molecule has 0 heterocycles. The molecule has 1 fully saturated rings. The van der Waals surface area contributed by atoms with Crippen LogP contribution in [-0.4, -0.2) is 30.0 Å². The number of nitrogens with two attached hydrogens (primary N) is 1. The number of rotatable bonds is 7. The van der Waals surface area contributed by atoms with Crippen LogP contribution >= 0.6 is 15.9 Å². The summed E-state index contributed by atoms with van der Waals surface area (Å²) in [4.78, 5) is 22.3. The predicted octanol–water partition coefficient (Wildman–Crippen LogP) is 1.59. The molecule has 0 spiro atoms. The summed E-state index contributed by atoms with van der Waals surface area (Å²) in [7, 11) is 1.64. The van der Waals surface area contributed by atoms with Gasteiger partial charge < -0.3 is 15.8 Å². The smallest absolute Gasteiger partial charge is 0.312 e. The van der Waals surface area contributed by atoms with Crippen molar-refractivity contribution >= 4 is 27.5 Å². The molecule has 7 nitrogen and oxygen atoms in total. The van der Waals surface area contributed by atoms with Gasteiger partial charge >= 0.3 is 5.69 Å². The molecule has 0 bridgehead atoms. The molecule has 1 amide bonds. The minimum atomic E-state index is -0.985. The molecule has 2 rings (SSSR count). The third kappa shape index (κ3) is 3.16. The zero-order chi connectivity index (χ0) is 15.6. The van der Waals surface area contributed by atoms with E-state index in [1.807, 2.05) is 0 Å². The van der Waals surface area contributed by atoms with Crippen molar-refractivity contribution in [1.82, 2.24) is 5.32 Å². The number of amides is 1. The molecule has 1 aliphatic carbocycles. The van der Waals surface area contributed by atoms with Gasteiger partial charge in [-0.3, -0.25) is 14.9 Å². The molecule has 1 aromatic rings. The summed E-state index contributed by atoms with van der Waals surface area (Å²) in [5.41, 5.74) is 4.34. The standard InChI is InChI=1S/C13H16BrN3O4/c1-16-13(12(15)18,8-2-3-8)7-21-11-5-4-9(14)6-10(11)17(19)20/h4-6,8,16H,2-3,7H2,1H3,(H2,15,18). The Labute approximate surface area is 130 Å². The van der Waals surface area contributed by atoms with Crippen molar-refractivity contribution in [2.24, 2.45) is 11.7 Å². The van der Waals surface area contributed by atoms with E-state index >= 15 is 0 Å². The number of hydrogen-bond acceptors (Lipinski definition) is 5. The first-order chi connectivity index (χ1) is 9.90. The van der Waals surface area contributed by atoms with Crippen LogP contribution in [0.5, 0.6) is 5.75 Å². The van der Waals surface area contributed by atoms with Gasteiger partial charge in [0, 0.05) is 10.5 Å². The van der Waals surface area contributed by atoms with Crippen molar-refractivity contribution in [3.8, 4) is 5.75 Å². The zero-order valence-electron chi connectivity index (χ0n) is 11.5. The van der Waals surface area contributed by atoms with Gasteiger partial charge in [0.15, 0.2) is 5.75 Å². The first-order valence-electron chi connectivity index (χ1n) is 6.46. The topological polar surface area (TPSA) is 107 Å². The van der Waals surface area contributed by atoms with Gasteiger partial charge in [-0.05, 0) is 37.9 Å². The van der Waals surface area contributed by atoms with Gasteiger partial charge in [-0.2, -0.15) is 0 Å². The number of nitrogens with one attached hydrogen (secondary N) is 1. The molecule has 0 radical (unpaired) electrons. The third-order valence-corrected chi connectivity index (χ3v) is 4.23. The Morgan fingerprint density at radius 1 is 1.62 bits per heavy atom. The number of benzene rings is 1. The van der Waals surface area contributed by atoms with Crippen LogP contribution in [0.15, 0.2) is 22.7 Å². The van der Waals surface area contributed by atoms with Crippen molar-refractivity contribution in [2.45, 2.75) is 18.4 Å². The molecule has 3 N–H and O–H groups in total. The first kappa shape index (κ1) is 15.7. The lowest BCUT2D eigenvalue weighted by Crippen LogP contribution is -2.59. The van der Waals surface area contributed by atoms with E-state index in [2.05, 4.69) is 21.2 Å². The maximum Gasteiger partial charge on any atom is 0.312 e. The average Bonchev–Trinajstić information content (AvgIpc) is 3.25. The van der Waals surface area contributed by atoms with Gasteiger partial charge in [-0.1, -0.05) is 15.9 Å². The van der Waals surface area contributed by atoms with Gasteiger partial charge in [0.25, 0.3) is 0 Å². The van der Waals surface area contributed by atoms with E-state index in [1.54, 1.807) is 13.1 Å². The van der Waals surface area contributed by atoms with Crippen molar-refractivity contribution in [3.63, 3.8) is 0 Å². The molecule has 1 saturated carbocycles. The van der Waals surface area contributed by atoms with Gasteiger partial charge in [0.05, 0.1) is 4.92 Å². The maximum atomic E-state index is 11.8. The summed E-state index contributed by atoms with van der Waals surface area (Å²) < 4.78 is 6.13. The largest absolute Gasteiger partial charge is 0.484 e. The summed E-state index contributed by atoms with van der Waals surface area (Å²) in [5, 5.41) is 14.0. The predicted molar refractivity (Wildman–Crippen MR) is 80.0 cm³/mol. The lowest BCUT2D eigenvalue weighted by molar-refractivity contribution is -0.386. The van der Waals surface area contributed by atoms with E-state index in [4.69, 9.17) is 10.5 Å². The number of primary amides is 1. The van der Waals surface area contributed by atoms with E-state index < -0.39 is 16.4 Å². The van der Waals surface area contributed by atoms with Crippen LogP contribution in [0.4, 0.5) is 5.69 Å². The SMILES string of the molecule is CNC(COc1ccc(Br)cc1[N+](=O)[O-])(C(N)=O)C1CC1. The highest BCUT2D eigenvalue weighted by Gasteiger charge is 2.49. The molecule has 0 aliphatic heterocycles. The number of nitro groups is 1. The van der Waals surface area contributed by atoms with E-state index in [1.165, 1.54) is 12.1 Å². The molecule has 114 valence electrons. The first-order valence-corrected chi connectivity index (χ1v) is 7.25. The van der Waals surface area contributed by atoms with Crippen LogP contribution in [0.1, 0.15) is 12.8 Å². The van der Waals surface area contributed by atoms with E-state index in [-0.39, 0.29) is 24.0 Å². The molecule has 1 aromatic carbocycles. The second-order valence-corrected chi connectivity index (χ2v) is 5.93. The van der Waals surface area contributed by atoms with Crippen molar-refractivity contribution < 1.29 is 14.5 Å². The van der Waals surface area contributed by atoms with Crippen molar-refractivity contribution in [3.05, 3.63) is 32.8 Å². The molecule has 0 saturated heterocycles. The summed E-state index contributed by atoms with van der Waals surface area (Å²) >= 11 is 3.18. The zero-order valence-corrected chi connectivity index (χ0v) is 13.1. The van der Waals surface area contributed by atoms with Crippen molar-refractivity contribution in [1.29, 1.82) is 0 Å². The highest BCUT2D eigenvalue weighted by atomic mass is 79.9. The van der Waals surface area contributed by atoms with Crippen LogP contribution in [0, 0.1) is 16.0 Å². The lowest BCUT2D eigenvalue weighted by Gasteiger charge is -2.30. The maximum absolute atomic E-state index is 11.8. The molecular weight excluding hydrogens is 342 g/mol. The number of hydrogen-bond donors (Lipinski definition) is 2.